The third kappa shape index (κ3) is 4.14. The van der Waals surface area contributed by atoms with Crippen molar-refractivity contribution >= 4 is 10.0 Å². The predicted molar refractivity (Wildman–Crippen MR) is 96.7 cm³/mol. The Morgan fingerprint density at radius 1 is 1.08 bits per heavy atom. The molecule has 3 rings (SSSR count). The number of pyridine rings is 1. The second-order valence-corrected chi connectivity index (χ2v) is 8.61. The van der Waals surface area contributed by atoms with Gasteiger partial charge < -0.3 is 4.42 Å². The highest BCUT2D eigenvalue weighted by atomic mass is 32.2. The molecule has 0 fully saturated rings. The van der Waals surface area contributed by atoms with Gasteiger partial charge in [0.25, 0.3) is 0 Å². The van der Waals surface area contributed by atoms with Crippen LogP contribution in [0.4, 0.5) is 0 Å². The molecular weight excluding hydrogens is 352 g/mol. The van der Waals surface area contributed by atoms with Gasteiger partial charge in [0, 0.05) is 12.4 Å². The van der Waals surface area contributed by atoms with Gasteiger partial charge in [-0.05, 0) is 35.2 Å². The van der Waals surface area contributed by atoms with E-state index in [0.717, 1.165) is 5.56 Å². The van der Waals surface area contributed by atoms with Crippen LogP contribution in [0, 0.1) is 0 Å². The molecule has 0 amide bonds. The lowest BCUT2D eigenvalue weighted by Gasteiger charge is -2.19. The van der Waals surface area contributed by atoms with Crippen LogP contribution in [0.25, 0.3) is 11.5 Å². The van der Waals surface area contributed by atoms with Crippen molar-refractivity contribution in [3.63, 3.8) is 0 Å². The van der Waals surface area contributed by atoms with Crippen molar-refractivity contribution in [2.24, 2.45) is 0 Å². The average molecular weight is 372 g/mol. The van der Waals surface area contributed by atoms with Crippen molar-refractivity contribution in [1.29, 1.82) is 0 Å². The zero-order valence-electron chi connectivity index (χ0n) is 14.8. The molecule has 0 spiro atoms. The van der Waals surface area contributed by atoms with E-state index >= 15 is 0 Å². The van der Waals surface area contributed by atoms with Crippen LogP contribution in [0.1, 0.15) is 32.2 Å². The van der Waals surface area contributed by atoms with E-state index in [-0.39, 0.29) is 22.7 Å². The van der Waals surface area contributed by atoms with Gasteiger partial charge in [0.05, 0.1) is 17.0 Å². The quantitative estimate of drug-likeness (QED) is 0.739. The van der Waals surface area contributed by atoms with Crippen LogP contribution in [-0.2, 0) is 22.0 Å². The van der Waals surface area contributed by atoms with Crippen LogP contribution >= 0.6 is 0 Å². The van der Waals surface area contributed by atoms with Gasteiger partial charge in [0.1, 0.15) is 0 Å². The molecule has 0 aliphatic rings. The lowest BCUT2D eigenvalue weighted by atomic mass is 9.87. The van der Waals surface area contributed by atoms with Crippen molar-refractivity contribution in [2.45, 2.75) is 37.6 Å². The van der Waals surface area contributed by atoms with E-state index in [2.05, 4.69) is 40.7 Å². The van der Waals surface area contributed by atoms with E-state index in [1.165, 1.54) is 0 Å². The highest BCUT2D eigenvalue weighted by Crippen LogP contribution is 2.23. The summed E-state index contributed by atoms with van der Waals surface area (Å²) in [5.74, 6) is 0.473. The fourth-order valence-electron chi connectivity index (χ4n) is 2.31. The number of aromatic nitrogens is 3. The van der Waals surface area contributed by atoms with Crippen molar-refractivity contribution in [2.75, 3.05) is 0 Å². The first kappa shape index (κ1) is 18.2. The van der Waals surface area contributed by atoms with Gasteiger partial charge in [-0.25, -0.2) is 13.1 Å². The summed E-state index contributed by atoms with van der Waals surface area (Å²) < 4.78 is 32.8. The maximum absolute atomic E-state index is 12.4. The molecule has 26 heavy (non-hydrogen) atoms. The molecule has 0 radical (unpaired) electrons. The molecule has 2 heterocycles. The van der Waals surface area contributed by atoms with Crippen LogP contribution in [0.5, 0.6) is 0 Å². The number of hydrogen-bond donors (Lipinski definition) is 1. The molecule has 7 nitrogen and oxygen atoms in total. The topological polar surface area (TPSA) is 98.0 Å². The summed E-state index contributed by atoms with van der Waals surface area (Å²) in [5.41, 5.74) is 1.70. The van der Waals surface area contributed by atoms with E-state index in [0.29, 0.717) is 11.5 Å². The van der Waals surface area contributed by atoms with E-state index in [1.807, 2.05) is 12.1 Å². The van der Waals surface area contributed by atoms with Gasteiger partial charge in [-0.3, -0.25) is 4.98 Å². The van der Waals surface area contributed by atoms with Crippen LogP contribution in [0.3, 0.4) is 0 Å². The molecule has 1 aromatic carbocycles. The van der Waals surface area contributed by atoms with E-state index in [1.54, 1.807) is 36.7 Å². The second kappa shape index (κ2) is 6.97. The summed E-state index contributed by atoms with van der Waals surface area (Å²) in [4.78, 5) is 4.17. The molecule has 2 aromatic heterocycles. The van der Waals surface area contributed by atoms with Gasteiger partial charge in [-0.2, -0.15) is 0 Å². The van der Waals surface area contributed by atoms with Gasteiger partial charge in [-0.15, -0.1) is 10.2 Å². The molecule has 0 atom stereocenters. The average Bonchev–Trinajstić information content (AvgIpc) is 3.09. The molecule has 1 N–H and O–H groups in total. The third-order valence-electron chi connectivity index (χ3n) is 3.82. The molecular formula is C18H20N4O3S. The van der Waals surface area contributed by atoms with Gasteiger partial charge in [-0.1, -0.05) is 32.9 Å². The summed E-state index contributed by atoms with van der Waals surface area (Å²) in [6.07, 6.45) is 3.23. The van der Waals surface area contributed by atoms with Crippen LogP contribution in [0.15, 0.2) is 58.1 Å². The second-order valence-electron chi connectivity index (χ2n) is 6.84. The fraction of sp³-hybridized carbons (Fsp3) is 0.278. The number of sulfonamides is 1. The highest BCUT2D eigenvalue weighted by Gasteiger charge is 2.18. The molecule has 136 valence electrons. The molecule has 0 saturated heterocycles. The van der Waals surface area contributed by atoms with E-state index in [4.69, 9.17) is 4.42 Å². The number of rotatable bonds is 5. The first-order valence-corrected chi connectivity index (χ1v) is 9.57. The normalized spacial score (nSPS) is 12.3. The molecule has 0 aliphatic heterocycles. The van der Waals surface area contributed by atoms with Crippen molar-refractivity contribution in [3.05, 3.63) is 60.2 Å². The smallest absolute Gasteiger partial charge is 0.249 e. The van der Waals surface area contributed by atoms with Gasteiger partial charge in [0.15, 0.2) is 0 Å². The number of nitrogens with one attached hydrogen (secondary N) is 1. The fourth-order valence-corrected chi connectivity index (χ4v) is 3.28. The summed E-state index contributed by atoms with van der Waals surface area (Å²) in [6.45, 7) is 6.13. The van der Waals surface area contributed by atoms with Gasteiger partial charge >= 0.3 is 0 Å². The summed E-state index contributed by atoms with van der Waals surface area (Å²) in [5, 5.41) is 7.77. The zero-order chi connectivity index (χ0) is 18.8. The van der Waals surface area contributed by atoms with Crippen molar-refractivity contribution in [3.8, 4) is 11.5 Å². The Morgan fingerprint density at radius 2 is 1.81 bits per heavy atom. The Hall–Kier alpha value is -2.58. The minimum atomic E-state index is -3.67. The summed E-state index contributed by atoms with van der Waals surface area (Å²) >= 11 is 0. The molecule has 0 saturated carbocycles. The van der Waals surface area contributed by atoms with Crippen LogP contribution in [-0.4, -0.2) is 23.6 Å². The van der Waals surface area contributed by atoms with E-state index in [9.17, 15) is 8.42 Å². The summed E-state index contributed by atoms with van der Waals surface area (Å²) in [7, 11) is -3.67. The first-order chi connectivity index (χ1) is 12.3. The van der Waals surface area contributed by atoms with Crippen LogP contribution in [0.2, 0.25) is 0 Å². The van der Waals surface area contributed by atoms with Crippen molar-refractivity contribution < 1.29 is 12.8 Å². The largest absolute Gasteiger partial charge is 0.419 e. The Morgan fingerprint density at radius 3 is 2.42 bits per heavy atom. The van der Waals surface area contributed by atoms with Crippen LogP contribution < -0.4 is 4.72 Å². The minimum absolute atomic E-state index is 0.0395. The molecule has 0 aliphatic carbocycles. The lowest BCUT2D eigenvalue weighted by Crippen LogP contribution is -2.23. The Balaban J connectivity index is 1.70. The Kier molecular flexibility index (Phi) is 4.88. The highest BCUT2D eigenvalue weighted by molar-refractivity contribution is 7.89. The summed E-state index contributed by atoms with van der Waals surface area (Å²) in [6, 6.07) is 10.4. The lowest BCUT2D eigenvalue weighted by molar-refractivity contribution is 0.494. The number of benzene rings is 1. The molecule has 3 aromatic rings. The molecule has 0 unspecified atom stereocenters. The number of hydrogen-bond acceptors (Lipinski definition) is 6. The zero-order valence-corrected chi connectivity index (χ0v) is 15.6. The molecule has 0 bridgehead atoms. The first-order valence-electron chi connectivity index (χ1n) is 8.09. The maximum atomic E-state index is 12.4. The Bertz CT molecular complexity index is 975. The standard InChI is InChI=1S/C18H20N4O3S/c1-18(2,3)14-6-8-15(9-7-14)26(23,24)20-12-16-21-22-17(25-16)13-5-4-10-19-11-13/h4-11,20H,12H2,1-3H3. The van der Waals surface area contributed by atoms with E-state index < -0.39 is 10.0 Å². The minimum Gasteiger partial charge on any atom is -0.419 e. The Labute approximate surface area is 152 Å². The molecule has 8 heteroatoms. The maximum Gasteiger partial charge on any atom is 0.249 e. The SMILES string of the molecule is CC(C)(C)c1ccc(S(=O)(=O)NCc2nnc(-c3cccnc3)o2)cc1. The van der Waals surface area contributed by atoms with Crippen molar-refractivity contribution in [1.82, 2.24) is 19.9 Å². The predicted octanol–water partition coefficient (Wildman–Crippen LogP) is 2.91. The van der Waals surface area contributed by atoms with Gasteiger partial charge in [0.2, 0.25) is 21.8 Å². The number of nitrogens with zero attached hydrogens (tertiary/aromatic N) is 3. The monoisotopic (exact) mass is 372 g/mol. The third-order valence-corrected chi connectivity index (χ3v) is 5.24.